The molecule has 3 N–H and O–H groups in total. The zero-order valence-corrected chi connectivity index (χ0v) is 12.1. The van der Waals surface area contributed by atoms with Crippen LogP contribution < -0.4 is 11.1 Å². The van der Waals surface area contributed by atoms with E-state index in [0.717, 1.165) is 9.88 Å². The molecule has 0 saturated carbocycles. The average molecular weight is 278 g/mol. The molecule has 2 aromatic rings. The summed E-state index contributed by atoms with van der Waals surface area (Å²) in [6.45, 7) is 6.62. The Morgan fingerprint density at radius 3 is 2.95 bits per heavy atom. The summed E-state index contributed by atoms with van der Waals surface area (Å²) in [7, 11) is 0. The molecule has 19 heavy (non-hydrogen) atoms. The van der Waals surface area contributed by atoms with Gasteiger partial charge in [-0.3, -0.25) is 4.79 Å². The largest absolute Gasteiger partial charge is 0.397 e. The first-order valence-corrected chi connectivity index (χ1v) is 7.01. The second-order valence-corrected chi connectivity index (χ2v) is 5.72. The number of hydrogen-bond acceptors (Lipinski definition) is 4. The Bertz CT molecular complexity index is 587. The van der Waals surface area contributed by atoms with Gasteiger partial charge in [-0.2, -0.15) is 0 Å². The van der Waals surface area contributed by atoms with E-state index >= 15 is 0 Å². The number of nitrogens with two attached hydrogens (primary N) is 1. The number of carbonyl (C=O) groups excluding carboxylic acids is 1. The van der Waals surface area contributed by atoms with Gasteiger partial charge in [0.25, 0.3) is 5.91 Å². The Labute approximate surface area is 116 Å². The molecule has 2 heterocycles. The summed E-state index contributed by atoms with van der Waals surface area (Å²) in [6, 6.07) is 1.59. The van der Waals surface area contributed by atoms with Crippen LogP contribution in [0.3, 0.4) is 0 Å². The predicted octanol–water partition coefficient (Wildman–Crippen LogP) is 2.35. The molecule has 0 aliphatic heterocycles. The SMILES string of the molecule is CCn1cc(N)cc1C(=O)NC(C)c1ncc(C)s1. The highest BCUT2D eigenvalue weighted by Crippen LogP contribution is 2.20. The number of hydrogen-bond donors (Lipinski definition) is 2. The minimum Gasteiger partial charge on any atom is -0.397 e. The van der Waals surface area contributed by atoms with Gasteiger partial charge < -0.3 is 15.6 Å². The van der Waals surface area contributed by atoms with Crippen LogP contribution in [-0.4, -0.2) is 15.5 Å². The van der Waals surface area contributed by atoms with Gasteiger partial charge in [-0.05, 0) is 26.8 Å². The Balaban J connectivity index is 2.12. The van der Waals surface area contributed by atoms with Gasteiger partial charge in [0, 0.05) is 23.8 Å². The molecule has 6 heteroatoms. The van der Waals surface area contributed by atoms with E-state index in [-0.39, 0.29) is 11.9 Å². The summed E-state index contributed by atoms with van der Waals surface area (Å²) in [5.74, 6) is -0.126. The van der Waals surface area contributed by atoms with Gasteiger partial charge in [0.2, 0.25) is 0 Å². The number of anilines is 1. The molecule has 1 amide bonds. The van der Waals surface area contributed by atoms with Gasteiger partial charge in [0.15, 0.2) is 0 Å². The van der Waals surface area contributed by atoms with Crippen LogP contribution in [0.5, 0.6) is 0 Å². The Morgan fingerprint density at radius 2 is 2.37 bits per heavy atom. The van der Waals surface area contributed by atoms with Gasteiger partial charge in [-0.1, -0.05) is 0 Å². The summed E-state index contributed by atoms with van der Waals surface area (Å²) >= 11 is 1.59. The van der Waals surface area contributed by atoms with E-state index in [4.69, 9.17) is 5.73 Å². The van der Waals surface area contributed by atoms with Gasteiger partial charge >= 0.3 is 0 Å². The van der Waals surface area contributed by atoms with Crippen molar-refractivity contribution in [2.45, 2.75) is 33.4 Å². The molecule has 5 nitrogen and oxygen atoms in total. The molecule has 102 valence electrons. The third kappa shape index (κ3) is 2.96. The molecule has 0 radical (unpaired) electrons. The lowest BCUT2D eigenvalue weighted by Crippen LogP contribution is -2.28. The molecule has 1 atom stereocenters. The van der Waals surface area contributed by atoms with Crippen molar-refractivity contribution in [3.8, 4) is 0 Å². The molecule has 0 aliphatic rings. The Kier molecular flexibility index (Phi) is 3.90. The minimum absolute atomic E-state index is 0.104. The van der Waals surface area contributed by atoms with E-state index in [2.05, 4.69) is 10.3 Å². The van der Waals surface area contributed by atoms with E-state index in [0.29, 0.717) is 17.9 Å². The Hall–Kier alpha value is -1.82. The van der Waals surface area contributed by atoms with Crippen LogP contribution in [-0.2, 0) is 6.54 Å². The van der Waals surface area contributed by atoms with Crippen molar-refractivity contribution in [2.24, 2.45) is 0 Å². The quantitative estimate of drug-likeness (QED) is 0.901. The van der Waals surface area contributed by atoms with E-state index < -0.39 is 0 Å². The first-order valence-electron chi connectivity index (χ1n) is 6.20. The molecular weight excluding hydrogens is 260 g/mol. The fraction of sp³-hybridized carbons (Fsp3) is 0.385. The van der Waals surface area contributed by atoms with E-state index in [1.165, 1.54) is 0 Å². The van der Waals surface area contributed by atoms with E-state index in [1.807, 2.05) is 31.5 Å². The highest BCUT2D eigenvalue weighted by Gasteiger charge is 2.17. The number of rotatable bonds is 4. The lowest BCUT2D eigenvalue weighted by Gasteiger charge is -2.12. The zero-order valence-electron chi connectivity index (χ0n) is 11.3. The molecule has 0 aromatic carbocycles. The summed E-state index contributed by atoms with van der Waals surface area (Å²) in [5, 5.41) is 3.86. The van der Waals surface area contributed by atoms with E-state index in [9.17, 15) is 4.79 Å². The fourth-order valence-corrected chi connectivity index (χ4v) is 2.67. The van der Waals surface area contributed by atoms with Crippen molar-refractivity contribution in [1.82, 2.24) is 14.9 Å². The number of aromatic nitrogens is 2. The molecule has 0 bridgehead atoms. The summed E-state index contributed by atoms with van der Waals surface area (Å²) in [5.41, 5.74) is 6.91. The number of thiazole rings is 1. The highest BCUT2D eigenvalue weighted by molar-refractivity contribution is 7.11. The predicted molar refractivity (Wildman–Crippen MR) is 77.3 cm³/mol. The van der Waals surface area contributed by atoms with Gasteiger partial charge in [-0.25, -0.2) is 4.98 Å². The van der Waals surface area contributed by atoms with Crippen LogP contribution in [0.4, 0.5) is 5.69 Å². The normalized spacial score (nSPS) is 12.4. The molecule has 0 saturated heterocycles. The monoisotopic (exact) mass is 278 g/mol. The number of nitrogens with zero attached hydrogens (tertiary/aromatic N) is 2. The topological polar surface area (TPSA) is 72.9 Å². The summed E-state index contributed by atoms with van der Waals surface area (Å²) in [4.78, 5) is 17.6. The summed E-state index contributed by atoms with van der Waals surface area (Å²) in [6.07, 6.45) is 3.59. The van der Waals surface area contributed by atoms with Crippen molar-refractivity contribution in [3.05, 3.63) is 34.0 Å². The molecule has 1 unspecified atom stereocenters. The average Bonchev–Trinajstić information content (AvgIpc) is 2.95. The smallest absolute Gasteiger partial charge is 0.268 e. The summed E-state index contributed by atoms with van der Waals surface area (Å²) < 4.78 is 1.84. The maximum Gasteiger partial charge on any atom is 0.268 e. The van der Waals surface area contributed by atoms with Crippen molar-refractivity contribution in [2.75, 3.05) is 5.73 Å². The van der Waals surface area contributed by atoms with Crippen LogP contribution in [0.1, 0.15) is 40.3 Å². The third-order valence-electron chi connectivity index (χ3n) is 2.85. The molecule has 2 aromatic heterocycles. The van der Waals surface area contributed by atoms with Crippen molar-refractivity contribution < 1.29 is 4.79 Å². The number of amides is 1. The van der Waals surface area contributed by atoms with Crippen molar-refractivity contribution in [3.63, 3.8) is 0 Å². The molecule has 2 rings (SSSR count). The van der Waals surface area contributed by atoms with Crippen molar-refractivity contribution in [1.29, 1.82) is 0 Å². The maximum absolute atomic E-state index is 12.2. The maximum atomic E-state index is 12.2. The van der Waals surface area contributed by atoms with Gasteiger partial charge in [-0.15, -0.1) is 11.3 Å². The van der Waals surface area contributed by atoms with Crippen LogP contribution in [0, 0.1) is 6.92 Å². The first-order chi connectivity index (χ1) is 9.01. The second-order valence-electron chi connectivity index (χ2n) is 4.45. The lowest BCUT2D eigenvalue weighted by atomic mass is 10.3. The lowest BCUT2D eigenvalue weighted by molar-refractivity contribution is 0.0930. The number of nitrogen functional groups attached to an aromatic ring is 1. The third-order valence-corrected chi connectivity index (χ3v) is 3.94. The Morgan fingerprint density at radius 1 is 1.63 bits per heavy atom. The van der Waals surface area contributed by atoms with Crippen LogP contribution >= 0.6 is 11.3 Å². The first kappa shape index (κ1) is 13.6. The van der Waals surface area contributed by atoms with Crippen LogP contribution in [0.15, 0.2) is 18.5 Å². The molecule has 0 fully saturated rings. The zero-order chi connectivity index (χ0) is 14.0. The van der Waals surface area contributed by atoms with Gasteiger partial charge in [0.05, 0.1) is 11.7 Å². The number of carbonyl (C=O) groups is 1. The second kappa shape index (κ2) is 5.44. The van der Waals surface area contributed by atoms with Crippen LogP contribution in [0.2, 0.25) is 0 Å². The molecular formula is C13H18N4OS. The fourth-order valence-electron chi connectivity index (χ4n) is 1.89. The van der Waals surface area contributed by atoms with Crippen molar-refractivity contribution >= 4 is 22.9 Å². The molecule has 0 spiro atoms. The van der Waals surface area contributed by atoms with Gasteiger partial charge in [0.1, 0.15) is 10.7 Å². The highest BCUT2D eigenvalue weighted by atomic mass is 32.1. The number of nitrogens with one attached hydrogen (secondary N) is 1. The minimum atomic E-state index is -0.126. The van der Waals surface area contributed by atoms with E-state index in [1.54, 1.807) is 23.6 Å². The number of aryl methyl sites for hydroxylation is 2. The van der Waals surface area contributed by atoms with Crippen LogP contribution in [0.25, 0.3) is 0 Å². The molecule has 0 aliphatic carbocycles. The standard InChI is InChI=1S/C13H18N4OS/c1-4-17-7-10(14)5-11(17)12(18)16-9(3)13-15-6-8(2)19-13/h5-7,9H,4,14H2,1-3H3,(H,16,18).